The third-order valence-electron chi connectivity index (χ3n) is 3.07. The smallest absolute Gasteiger partial charge is 0.256 e. The standard InChI is InChI=1S/C15H16N2O3/c1-9-11(4-3-5-12(9)16)15(19)17-13-7-6-10(20-2)8-14(13)18/h3-8,18H,16H2,1-2H3,(H,17,19). The second kappa shape index (κ2) is 5.52. The molecule has 2 aromatic rings. The zero-order valence-electron chi connectivity index (χ0n) is 11.3. The fourth-order valence-electron chi connectivity index (χ4n) is 1.83. The normalized spacial score (nSPS) is 10.1. The van der Waals surface area contributed by atoms with E-state index in [0.717, 1.165) is 0 Å². The molecule has 104 valence electrons. The second-order valence-electron chi connectivity index (χ2n) is 4.36. The third-order valence-corrected chi connectivity index (χ3v) is 3.07. The van der Waals surface area contributed by atoms with E-state index in [2.05, 4.69) is 5.32 Å². The number of nitrogens with two attached hydrogens (primary N) is 1. The van der Waals surface area contributed by atoms with Crippen LogP contribution >= 0.6 is 0 Å². The zero-order chi connectivity index (χ0) is 14.7. The molecule has 0 aliphatic carbocycles. The molecule has 2 aromatic carbocycles. The first-order chi connectivity index (χ1) is 9.52. The Bertz CT molecular complexity index is 654. The molecule has 0 unspecified atom stereocenters. The van der Waals surface area contributed by atoms with E-state index in [4.69, 9.17) is 10.5 Å². The van der Waals surface area contributed by atoms with Crippen LogP contribution in [0.3, 0.4) is 0 Å². The largest absolute Gasteiger partial charge is 0.506 e. The van der Waals surface area contributed by atoms with Gasteiger partial charge in [-0.05, 0) is 36.8 Å². The number of methoxy groups -OCH3 is 1. The fraction of sp³-hybridized carbons (Fsp3) is 0.133. The number of carbonyl (C=O) groups excluding carboxylic acids is 1. The Morgan fingerprint density at radius 1 is 1.30 bits per heavy atom. The molecule has 1 amide bonds. The third kappa shape index (κ3) is 2.66. The molecule has 0 bridgehead atoms. The van der Waals surface area contributed by atoms with Gasteiger partial charge in [-0.3, -0.25) is 4.79 Å². The van der Waals surface area contributed by atoms with Crippen molar-refractivity contribution in [3.63, 3.8) is 0 Å². The number of phenols is 1. The van der Waals surface area contributed by atoms with E-state index in [1.54, 1.807) is 37.3 Å². The highest BCUT2D eigenvalue weighted by Gasteiger charge is 2.12. The van der Waals surface area contributed by atoms with Crippen LogP contribution in [0.5, 0.6) is 11.5 Å². The predicted octanol–water partition coefficient (Wildman–Crippen LogP) is 2.54. The van der Waals surface area contributed by atoms with Gasteiger partial charge in [-0.25, -0.2) is 0 Å². The summed E-state index contributed by atoms with van der Waals surface area (Å²) in [5.74, 6) is 0.134. The van der Waals surface area contributed by atoms with E-state index >= 15 is 0 Å². The molecule has 0 atom stereocenters. The number of benzene rings is 2. The van der Waals surface area contributed by atoms with Crippen LogP contribution in [-0.2, 0) is 0 Å². The maximum absolute atomic E-state index is 12.2. The highest BCUT2D eigenvalue weighted by molar-refractivity contribution is 6.06. The van der Waals surface area contributed by atoms with Crippen LogP contribution in [0.2, 0.25) is 0 Å². The van der Waals surface area contributed by atoms with E-state index < -0.39 is 0 Å². The lowest BCUT2D eigenvalue weighted by Crippen LogP contribution is -2.14. The van der Waals surface area contributed by atoms with Gasteiger partial charge in [0.25, 0.3) is 5.91 Å². The zero-order valence-corrected chi connectivity index (χ0v) is 11.3. The number of amides is 1. The van der Waals surface area contributed by atoms with Crippen molar-refractivity contribution in [2.24, 2.45) is 0 Å². The molecule has 5 heteroatoms. The lowest BCUT2D eigenvalue weighted by atomic mass is 10.1. The van der Waals surface area contributed by atoms with Gasteiger partial charge >= 0.3 is 0 Å². The molecule has 2 rings (SSSR count). The molecule has 5 nitrogen and oxygen atoms in total. The quantitative estimate of drug-likeness (QED) is 0.592. The van der Waals surface area contributed by atoms with Gasteiger partial charge in [-0.1, -0.05) is 6.07 Å². The second-order valence-corrected chi connectivity index (χ2v) is 4.36. The van der Waals surface area contributed by atoms with Gasteiger partial charge in [0, 0.05) is 17.3 Å². The minimum atomic E-state index is -0.324. The lowest BCUT2D eigenvalue weighted by Gasteiger charge is -2.11. The molecule has 0 spiro atoms. The Kier molecular flexibility index (Phi) is 3.79. The first-order valence-corrected chi connectivity index (χ1v) is 6.06. The Morgan fingerprint density at radius 3 is 2.70 bits per heavy atom. The maximum atomic E-state index is 12.2. The summed E-state index contributed by atoms with van der Waals surface area (Å²) in [5.41, 5.74) is 7.82. The van der Waals surface area contributed by atoms with Crippen LogP contribution in [-0.4, -0.2) is 18.1 Å². The van der Waals surface area contributed by atoms with Crippen molar-refractivity contribution in [2.75, 3.05) is 18.2 Å². The molecule has 20 heavy (non-hydrogen) atoms. The van der Waals surface area contributed by atoms with Crippen molar-refractivity contribution < 1.29 is 14.6 Å². The van der Waals surface area contributed by atoms with Crippen LogP contribution in [0, 0.1) is 6.92 Å². The minimum absolute atomic E-state index is 0.0562. The molecule has 0 fully saturated rings. The van der Waals surface area contributed by atoms with E-state index in [1.807, 2.05) is 0 Å². The Balaban J connectivity index is 2.26. The number of carbonyl (C=O) groups is 1. The van der Waals surface area contributed by atoms with Crippen LogP contribution < -0.4 is 15.8 Å². The molecule has 4 N–H and O–H groups in total. The van der Waals surface area contributed by atoms with Crippen molar-refractivity contribution in [1.82, 2.24) is 0 Å². The number of aromatic hydroxyl groups is 1. The van der Waals surface area contributed by atoms with Gasteiger partial charge in [0.15, 0.2) is 0 Å². The molecule has 0 saturated heterocycles. The minimum Gasteiger partial charge on any atom is -0.506 e. The van der Waals surface area contributed by atoms with E-state index in [-0.39, 0.29) is 11.7 Å². The molecular weight excluding hydrogens is 256 g/mol. The Hall–Kier alpha value is -2.69. The average Bonchev–Trinajstić information content (AvgIpc) is 2.44. The van der Waals surface area contributed by atoms with Crippen molar-refractivity contribution in [3.8, 4) is 11.5 Å². The molecular formula is C15H16N2O3. The molecule has 0 aliphatic heterocycles. The summed E-state index contributed by atoms with van der Waals surface area (Å²) < 4.78 is 4.99. The van der Waals surface area contributed by atoms with Gasteiger partial charge in [-0.2, -0.15) is 0 Å². The number of phenolic OH excluding ortho intramolecular Hbond substituents is 1. The Morgan fingerprint density at radius 2 is 2.05 bits per heavy atom. The summed E-state index contributed by atoms with van der Waals surface area (Å²) in [7, 11) is 1.50. The summed E-state index contributed by atoms with van der Waals surface area (Å²) in [4.78, 5) is 12.2. The monoisotopic (exact) mass is 272 g/mol. The highest BCUT2D eigenvalue weighted by Crippen LogP contribution is 2.28. The van der Waals surface area contributed by atoms with Gasteiger partial charge in [-0.15, -0.1) is 0 Å². The number of hydrogen-bond acceptors (Lipinski definition) is 4. The van der Waals surface area contributed by atoms with Gasteiger partial charge < -0.3 is 20.9 Å². The first-order valence-electron chi connectivity index (χ1n) is 6.06. The topological polar surface area (TPSA) is 84.6 Å². The molecule has 0 aromatic heterocycles. The van der Waals surface area contributed by atoms with E-state index in [9.17, 15) is 9.90 Å². The Labute approximate surface area is 117 Å². The molecule has 0 aliphatic rings. The van der Waals surface area contributed by atoms with Crippen LogP contribution in [0.15, 0.2) is 36.4 Å². The summed E-state index contributed by atoms with van der Waals surface area (Å²) in [6.45, 7) is 1.78. The van der Waals surface area contributed by atoms with Crippen LogP contribution in [0.4, 0.5) is 11.4 Å². The van der Waals surface area contributed by atoms with E-state index in [1.165, 1.54) is 13.2 Å². The van der Waals surface area contributed by atoms with Gasteiger partial charge in [0.1, 0.15) is 11.5 Å². The maximum Gasteiger partial charge on any atom is 0.256 e. The number of anilines is 2. The summed E-state index contributed by atoms with van der Waals surface area (Å²) in [6.07, 6.45) is 0. The summed E-state index contributed by atoms with van der Waals surface area (Å²) in [6, 6.07) is 9.79. The summed E-state index contributed by atoms with van der Waals surface area (Å²) in [5, 5.41) is 12.5. The van der Waals surface area contributed by atoms with Crippen molar-refractivity contribution in [1.29, 1.82) is 0 Å². The van der Waals surface area contributed by atoms with Crippen molar-refractivity contribution in [3.05, 3.63) is 47.5 Å². The highest BCUT2D eigenvalue weighted by atomic mass is 16.5. The number of hydrogen-bond donors (Lipinski definition) is 3. The number of ether oxygens (including phenoxy) is 1. The van der Waals surface area contributed by atoms with E-state index in [0.29, 0.717) is 28.3 Å². The number of nitrogens with one attached hydrogen (secondary N) is 1. The molecule has 0 saturated carbocycles. The van der Waals surface area contributed by atoms with Crippen LogP contribution in [0.1, 0.15) is 15.9 Å². The average molecular weight is 272 g/mol. The van der Waals surface area contributed by atoms with Crippen molar-refractivity contribution in [2.45, 2.75) is 6.92 Å². The number of nitrogen functional groups attached to an aromatic ring is 1. The molecule has 0 radical (unpaired) electrons. The predicted molar refractivity (Wildman–Crippen MR) is 78.2 cm³/mol. The summed E-state index contributed by atoms with van der Waals surface area (Å²) >= 11 is 0. The first kappa shape index (κ1) is 13.7. The van der Waals surface area contributed by atoms with Gasteiger partial charge in [0.05, 0.1) is 12.8 Å². The number of rotatable bonds is 3. The van der Waals surface area contributed by atoms with Crippen LogP contribution in [0.25, 0.3) is 0 Å². The molecule has 0 heterocycles. The SMILES string of the molecule is COc1ccc(NC(=O)c2cccc(N)c2C)c(O)c1. The van der Waals surface area contributed by atoms with Crippen molar-refractivity contribution >= 4 is 17.3 Å². The van der Waals surface area contributed by atoms with Gasteiger partial charge in [0.2, 0.25) is 0 Å². The fourth-order valence-corrected chi connectivity index (χ4v) is 1.83. The lowest BCUT2D eigenvalue weighted by molar-refractivity contribution is 0.102.